The Balaban J connectivity index is 1.26. The molecule has 2 heterocycles. The molecule has 2 saturated heterocycles. The Morgan fingerprint density at radius 1 is 1.18 bits per heavy atom. The number of alkyl halides is 2. The monoisotopic (exact) mass is 393 g/mol. The summed E-state index contributed by atoms with van der Waals surface area (Å²) in [5.74, 6) is -2.34. The number of hydrogen-bond acceptors (Lipinski definition) is 4. The molecule has 3 fully saturated rings. The minimum absolute atomic E-state index is 0.126. The van der Waals surface area contributed by atoms with Crippen molar-refractivity contribution in [1.29, 1.82) is 0 Å². The van der Waals surface area contributed by atoms with Crippen molar-refractivity contribution in [2.24, 2.45) is 5.92 Å². The Morgan fingerprint density at radius 2 is 1.89 bits per heavy atom. The molecule has 1 aromatic rings. The van der Waals surface area contributed by atoms with Gasteiger partial charge in [0.15, 0.2) is 0 Å². The molecule has 0 unspecified atom stereocenters. The van der Waals surface area contributed by atoms with Gasteiger partial charge in [0.2, 0.25) is 11.8 Å². The average molecular weight is 393 g/mol. The van der Waals surface area contributed by atoms with Crippen LogP contribution in [-0.2, 0) is 9.59 Å². The first kappa shape index (κ1) is 19.1. The van der Waals surface area contributed by atoms with Gasteiger partial charge in [-0.2, -0.15) is 0 Å². The molecule has 3 aliphatic rings. The molecule has 6 nitrogen and oxygen atoms in total. The van der Waals surface area contributed by atoms with Gasteiger partial charge in [-0.3, -0.25) is 14.5 Å². The van der Waals surface area contributed by atoms with Gasteiger partial charge in [-0.05, 0) is 25.0 Å². The van der Waals surface area contributed by atoms with Crippen molar-refractivity contribution in [1.82, 2.24) is 15.1 Å². The number of likely N-dealkylation sites (tertiary alicyclic amines) is 2. The van der Waals surface area contributed by atoms with Gasteiger partial charge in [-0.25, -0.2) is 8.78 Å². The number of amides is 2. The zero-order valence-corrected chi connectivity index (χ0v) is 15.7. The van der Waals surface area contributed by atoms with Crippen LogP contribution in [0, 0.1) is 5.92 Å². The number of nitrogens with one attached hydrogen (secondary N) is 1. The number of para-hydroxylation sites is 1. The molecule has 2 amide bonds. The first-order chi connectivity index (χ1) is 13.4. The van der Waals surface area contributed by atoms with E-state index in [1.807, 2.05) is 30.3 Å². The average Bonchev–Trinajstić information content (AvgIpc) is 3.42. The fourth-order valence-electron chi connectivity index (χ4n) is 3.88. The first-order valence-electron chi connectivity index (χ1n) is 9.81. The number of carbonyl (C=O) groups excluding carboxylic acids is 2. The third-order valence-electron chi connectivity index (χ3n) is 5.59. The smallest absolute Gasteiger partial charge is 0.262 e. The Bertz CT molecular complexity index is 721. The summed E-state index contributed by atoms with van der Waals surface area (Å²) in [5, 5.41) is 2.71. The van der Waals surface area contributed by atoms with Crippen LogP contribution in [0.4, 0.5) is 8.78 Å². The number of ether oxygens (including phenoxy) is 1. The van der Waals surface area contributed by atoms with Crippen LogP contribution in [0.3, 0.4) is 0 Å². The van der Waals surface area contributed by atoms with Crippen molar-refractivity contribution in [3.8, 4) is 5.75 Å². The van der Waals surface area contributed by atoms with E-state index in [0.29, 0.717) is 18.8 Å². The van der Waals surface area contributed by atoms with Crippen LogP contribution in [0.25, 0.3) is 0 Å². The molecule has 1 saturated carbocycles. The number of carbonyl (C=O) groups is 2. The van der Waals surface area contributed by atoms with Crippen LogP contribution >= 0.6 is 0 Å². The van der Waals surface area contributed by atoms with E-state index >= 15 is 0 Å². The van der Waals surface area contributed by atoms with Crippen molar-refractivity contribution >= 4 is 11.8 Å². The molecule has 152 valence electrons. The summed E-state index contributed by atoms with van der Waals surface area (Å²) in [5.41, 5.74) is 0. The van der Waals surface area contributed by atoms with E-state index in [9.17, 15) is 18.4 Å². The molecule has 0 radical (unpaired) electrons. The van der Waals surface area contributed by atoms with Crippen LogP contribution in [0.5, 0.6) is 5.75 Å². The van der Waals surface area contributed by atoms with Gasteiger partial charge in [-0.1, -0.05) is 18.2 Å². The predicted octanol–water partition coefficient (Wildman–Crippen LogP) is 1.51. The van der Waals surface area contributed by atoms with Gasteiger partial charge in [0.05, 0.1) is 19.1 Å². The highest BCUT2D eigenvalue weighted by Crippen LogP contribution is 2.37. The molecule has 0 bridgehead atoms. The van der Waals surface area contributed by atoms with Crippen molar-refractivity contribution < 1.29 is 23.1 Å². The lowest BCUT2D eigenvalue weighted by molar-refractivity contribution is -0.141. The zero-order chi connectivity index (χ0) is 19.7. The molecule has 1 atom stereocenters. The summed E-state index contributed by atoms with van der Waals surface area (Å²) in [7, 11) is 0. The second-order valence-electron chi connectivity index (χ2n) is 7.87. The summed E-state index contributed by atoms with van der Waals surface area (Å²) in [6.07, 6.45) is 1.38. The lowest BCUT2D eigenvalue weighted by Crippen LogP contribution is -2.64. The number of benzene rings is 1. The van der Waals surface area contributed by atoms with Crippen molar-refractivity contribution in [2.75, 3.05) is 32.8 Å². The topological polar surface area (TPSA) is 61.9 Å². The van der Waals surface area contributed by atoms with Gasteiger partial charge in [-0.15, -0.1) is 0 Å². The minimum atomic E-state index is -2.89. The molecule has 0 aromatic heterocycles. The van der Waals surface area contributed by atoms with Crippen LogP contribution in [-0.4, -0.2) is 72.4 Å². The third-order valence-corrected chi connectivity index (χ3v) is 5.59. The highest BCUT2D eigenvalue weighted by molar-refractivity contribution is 5.83. The maximum absolute atomic E-state index is 14.0. The lowest BCUT2D eigenvalue weighted by atomic mass is 10.0. The van der Waals surface area contributed by atoms with E-state index < -0.39 is 30.8 Å². The molecular formula is C20H25F2N3O3. The van der Waals surface area contributed by atoms with E-state index in [0.717, 1.165) is 12.8 Å². The Kier molecular flexibility index (Phi) is 5.23. The van der Waals surface area contributed by atoms with Gasteiger partial charge >= 0.3 is 0 Å². The van der Waals surface area contributed by atoms with E-state index in [4.69, 9.17) is 4.74 Å². The molecule has 4 rings (SSSR count). The van der Waals surface area contributed by atoms with E-state index in [1.165, 1.54) is 0 Å². The molecule has 1 aromatic carbocycles. The van der Waals surface area contributed by atoms with E-state index in [-0.39, 0.29) is 31.0 Å². The second kappa shape index (κ2) is 7.66. The summed E-state index contributed by atoms with van der Waals surface area (Å²) >= 11 is 0. The van der Waals surface area contributed by atoms with E-state index in [2.05, 4.69) is 5.32 Å². The largest absolute Gasteiger partial charge is 0.492 e. The quantitative estimate of drug-likeness (QED) is 0.714. The summed E-state index contributed by atoms with van der Waals surface area (Å²) in [6.45, 7) is 0.965. The van der Waals surface area contributed by atoms with Gasteiger partial charge in [0.25, 0.3) is 5.92 Å². The molecule has 28 heavy (non-hydrogen) atoms. The number of nitrogens with zero attached hydrogens (tertiary/aromatic N) is 2. The Hall–Kier alpha value is -2.22. The van der Waals surface area contributed by atoms with Gasteiger partial charge in [0, 0.05) is 31.5 Å². The normalized spacial score (nSPS) is 24.6. The van der Waals surface area contributed by atoms with Crippen molar-refractivity contribution in [2.45, 2.75) is 37.3 Å². The molecule has 2 aliphatic heterocycles. The standard InChI is InChI=1S/C20H25F2N3O3/c21-20(22)10-17(18(26)23-8-9-28-16-4-2-1-3-5-16)25(13-20)15-11-24(12-15)19(27)14-6-7-14/h1-5,14-15,17H,6-13H2,(H,23,26)/t17-/m0/s1. The van der Waals surface area contributed by atoms with Crippen LogP contribution in [0.15, 0.2) is 30.3 Å². The summed E-state index contributed by atoms with van der Waals surface area (Å²) < 4.78 is 33.5. The van der Waals surface area contributed by atoms with Crippen LogP contribution in [0.2, 0.25) is 0 Å². The van der Waals surface area contributed by atoms with Gasteiger partial charge in [0.1, 0.15) is 12.4 Å². The lowest BCUT2D eigenvalue weighted by Gasteiger charge is -2.45. The number of halogens is 2. The van der Waals surface area contributed by atoms with Crippen LogP contribution < -0.4 is 10.1 Å². The SMILES string of the molecule is O=C(NCCOc1ccccc1)[C@@H]1CC(F)(F)CN1C1CN(C(=O)C2CC2)C1. The predicted molar refractivity (Wildman–Crippen MR) is 98.1 cm³/mol. The zero-order valence-electron chi connectivity index (χ0n) is 15.7. The fraction of sp³-hybridized carbons (Fsp3) is 0.600. The molecule has 0 spiro atoms. The van der Waals surface area contributed by atoms with Gasteiger partial charge < -0.3 is 15.0 Å². The molecule has 1 N–H and O–H groups in total. The second-order valence-corrected chi connectivity index (χ2v) is 7.87. The number of rotatable bonds is 7. The highest BCUT2D eigenvalue weighted by Gasteiger charge is 2.53. The Morgan fingerprint density at radius 3 is 2.57 bits per heavy atom. The molecular weight excluding hydrogens is 368 g/mol. The summed E-state index contributed by atoms with van der Waals surface area (Å²) in [6, 6.07) is 8.16. The maximum atomic E-state index is 14.0. The van der Waals surface area contributed by atoms with Crippen LogP contribution in [0.1, 0.15) is 19.3 Å². The minimum Gasteiger partial charge on any atom is -0.492 e. The fourth-order valence-corrected chi connectivity index (χ4v) is 3.88. The molecule has 8 heteroatoms. The van der Waals surface area contributed by atoms with Crippen molar-refractivity contribution in [3.05, 3.63) is 30.3 Å². The van der Waals surface area contributed by atoms with E-state index in [1.54, 1.807) is 9.80 Å². The third kappa shape index (κ3) is 4.27. The first-order valence-corrected chi connectivity index (χ1v) is 9.81. The maximum Gasteiger partial charge on any atom is 0.262 e. The number of hydrogen-bond donors (Lipinski definition) is 1. The highest BCUT2D eigenvalue weighted by atomic mass is 19.3. The summed E-state index contributed by atoms with van der Waals surface area (Å²) in [4.78, 5) is 27.9. The van der Waals surface area contributed by atoms with Crippen molar-refractivity contribution in [3.63, 3.8) is 0 Å². The molecule has 1 aliphatic carbocycles. The Labute approximate surface area is 162 Å².